The van der Waals surface area contributed by atoms with Gasteiger partial charge in [0.2, 0.25) is 0 Å². The summed E-state index contributed by atoms with van der Waals surface area (Å²) < 4.78 is 10.8. The highest BCUT2D eigenvalue weighted by Gasteiger charge is 2.04. The van der Waals surface area contributed by atoms with Crippen molar-refractivity contribution in [1.29, 1.82) is 0 Å². The Morgan fingerprint density at radius 2 is 2.27 bits per heavy atom. The van der Waals surface area contributed by atoms with Crippen molar-refractivity contribution >= 4 is 21.9 Å². The van der Waals surface area contributed by atoms with Crippen molar-refractivity contribution in [1.82, 2.24) is 0 Å². The first-order valence-corrected chi connectivity index (χ1v) is 5.14. The summed E-state index contributed by atoms with van der Waals surface area (Å²) in [6.07, 6.45) is 0. The number of carbonyl (C=O) groups excluding carboxylic acids is 1. The summed E-state index contributed by atoms with van der Waals surface area (Å²) in [6, 6.07) is 5.48. The molecule has 0 saturated heterocycles. The van der Waals surface area contributed by atoms with E-state index in [4.69, 9.17) is 15.2 Å². The maximum absolute atomic E-state index is 10.8. The van der Waals surface area contributed by atoms with E-state index in [-0.39, 0.29) is 13.2 Å². The molecule has 0 bridgehead atoms. The summed E-state index contributed by atoms with van der Waals surface area (Å²) in [5, 5.41) is 0. The van der Waals surface area contributed by atoms with E-state index in [0.29, 0.717) is 5.75 Å². The van der Waals surface area contributed by atoms with Crippen LogP contribution in [0.3, 0.4) is 0 Å². The Morgan fingerprint density at radius 1 is 1.53 bits per heavy atom. The van der Waals surface area contributed by atoms with Crippen LogP contribution in [0.25, 0.3) is 0 Å². The zero-order valence-corrected chi connectivity index (χ0v) is 9.91. The zero-order valence-electron chi connectivity index (χ0n) is 8.33. The summed E-state index contributed by atoms with van der Waals surface area (Å²) in [5.74, 6) is 0.285. The van der Waals surface area contributed by atoms with Crippen LogP contribution in [0.4, 0.5) is 0 Å². The van der Waals surface area contributed by atoms with E-state index in [1.807, 2.05) is 12.1 Å². The van der Waals surface area contributed by atoms with Crippen molar-refractivity contribution in [3.63, 3.8) is 0 Å². The number of carbonyl (C=O) groups is 1. The minimum absolute atomic E-state index is 0.104. The third kappa shape index (κ3) is 3.53. The second kappa shape index (κ2) is 5.72. The third-order valence-electron chi connectivity index (χ3n) is 1.78. The smallest absolute Gasteiger partial charge is 0.320 e. The van der Waals surface area contributed by atoms with Crippen LogP contribution in [0.2, 0.25) is 0 Å². The van der Waals surface area contributed by atoms with E-state index in [1.54, 1.807) is 13.2 Å². The lowest BCUT2D eigenvalue weighted by atomic mass is 10.2. The Hall–Kier alpha value is -1.07. The van der Waals surface area contributed by atoms with Gasteiger partial charge in [0, 0.05) is 0 Å². The van der Waals surface area contributed by atoms with Gasteiger partial charge in [0.15, 0.2) is 0 Å². The van der Waals surface area contributed by atoms with Crippen LogP contribution in [0, 0.1) is 0 Å². The zero-order chi connectivity index (χ0) is 11.3. The lowest BCUT2D eigenvalue weighted by Gasteiger charge is -2.07. The Kier molecular flexibility index (Phi) is 4.58. The van der Waals surface area contributed by atoms with Crippen LogP contribution < -0.4 is 10.5 Å². The Morgan fingerprint density at radius 3 is 2.87 bits per heavy atom. The van der Waals surface area contributed by atoms with E-state index in [2.05, 4.69) is 15.9 Å². The molecule has 0 aromatic heterocycles. The van der Waals surface area contributed by atoms with Crippen molar-refractivity contribution in [2.75, 3.05) is 13.7 Å². The Bertz CT molecular complexity index is 355. The van der Waals surface area contributed by atoms with Crippen LogP contribution in [0.5, 0.6) is 5.75 Å². The van der Waals surface area contributed by atoms with Gasteiger partial charge in [0.25, 0.3) is 0 Å². The summed E-state index contributed by atoms with van der Waals surface area (Å²) in [4.78, 5) is 10.8. The van der Waals surface area contributed by atoms with Gasteiger partial charge in [0.05, 0.1) is 18.1 Å². The second-order valence-electron chi connectivity index (χ2n) is 2.83. The lowest BCUT2D eigenvalue weighted by Crippen LogP contribution is -2.16. The number of benzene rings is 1. The molecule has 1 aromatic rings. The van der Waals surface area contributed by atoms with Gasteiger partial charge in [-0.15, -0.1) is 0 Å². The minimum Gasteiger partial charge on any atom is -0.496 e. The molecule has 0 fully saturated rings. The summed E-state index contributed by atoms with van der Waals surface area (Å²) in [6.45, 7) is 0.105. The monoisotopic (exact) mass is 273 g/mol. The largest absolute Gasteiger partial charge is 0.496 e. The molecule has 4 nitrogen and oxygen atoms in total. The molecule has 82 valence electrons. The molecule has 0 aliphatic carbocycles. The van der Waals surface area contributed by atoms with Crippen LogP contribution in [-0.2, 0) is 16.1 Å². The quantitative estimate of drug-likeness (QED) is 0.844. The topological polar surface area (TPSA) is 61.5 Å². The molecular formula is C10H12BrNO3. The summed E-state index contributed by atoms with van der Waals surface area (Å²) >= 11 is 3.33. The molecule has 5 heteroatoms. The molecule has 15 heavy (non-hydrogen) atoms. The fourth-order valence-electron chi connectivity index (χ4n) is 1.02. The molecule has 0 aliphatic heterocycles. The van der Waals surface area contributed by atoms with Crippen LogP contribution >= 0.6 is 15.9 Å². The molecule has 0 saturated carbocycles. The first-order chi connectivity index (χ1) is 7.17. The highest BCUT2D eigenvalue weighted by Crippen LogP contribution is 2.25. The predicted octanol–water partition coefficient (Wildman–Crippen LogP) is 1.46. The van der Waals surface area contributed by atoms with E-state index >= 15 is 0 Å². The number of rotatable bonds is 4. The van der Waals surface area contributed by atoms with Crippen molar-refractivity contribution in [3.05, 3.63) is 28.2 Å². The third-order valence-corrected chi connectivity index (χ3v) is 2.44. The number of halogens is 1. The predicted molar refractivity (Wildman–Crippen MR) is 59.5 cm³/mol. The van der Waals surface area contributed by atoms with Gasteiger partial charge in [-0.05, 0) is 33.6 Å². The SMILES string of the molecule is COc1cc(COC(=O)CN)ccc1Br. The number of nitrogens with two attached hydrogens (primary N) is 1. The van der Waals surface area contributed by atoms with E-state index in [0.717, 1.165) is 10.0 Å². The molecule has 0 amide bonds. The van der Waals surface area contributed by atoms with Crippen LogP contribution in [-0.4, -0.2) is 19.6 Å². The van der Waals surface area contributed by atoms with Gasteiger partial charge in [-0.3, -0.25) is 4.79 Å². The molecule has 1 rings (SSSR count). The van der Waals surface area contributed by atoms with E-state index < -0.39 is 5.97 Å². The van der Waals surface area contributed by atoms with Gasteiger partial charge in [0.1, 0.15) is 12.4 Å². The maximum Gasteiger partial charge on any atom is 0.320 e. The molecule has 2 N–H and O–H groups in total. The first-order valence-electron chi connectivity index (χ1n) is 4.35. The number of ether oxygens (including phenoxy) is 2. The first kappa shape index (κ1) is 12.0. The molecule has 0 aliphatic rings. The molecule has 0 radical (unpaired) electrons. The molecular weight excluding hydrogens is 262 g/mol. The average Bonchev–Trinajstić information content (AvgIpc) is 2.27. The Balaban J connectivity index is 2.66. The van der Waals surface area contributed by atoms with Crippen LogP contribution in [0.1, 0.15) is 5.56 Å². The number of hydrogen-bond acceptors (Lipinski definition) is 4. The maximum atomic E-state index is 10.8. The normalized spacial score (nSPS) is 9.80. The molecule has 0 spiro atoms. The van der Waals surface area contributed by atoms with Gasteiger partial charge in [-0.1, -0.05) is 6.07 Å². The fraction of sp³-hybridized carbons (Fsp3) is 0.300. The van der Waals surface area contributed by atoms with Crippen molar-refractivity contribution < 1.29 is 14.3 Å². The van der Waals surface area contributed by atoms with Gasteiger partial charge < -0.3 is 15.2 Å². The van der Waals surface area contributed by atoms with Crippen molar-refractivity contribution in [2.45, 2.75) is 6.61 Å². The van der Waals surface area contributed by atoms with Gasteiger partial charge in [-0.2, -0.15) is 0 Å². The number of methoxy groups -OCH3 is 1. The average molecular weight is 274 g/mol. The summed E-state index contributed by atoms with van der Waals surface area (Å²) in [7, 11) is 1.58. The minimum atomic E-state index is -0.420. The van der Waals surface area contributed by atoms with E-state index in [9.17, 15) is 4.79 Å². The highest BCUT2D eigenvalue weighted by molar-refractivity contribution is 9.10. The van der Waals surface area contributed by atoms with Crippen molar-refractivity contribution in [3.8, 4) is 5.75 Å². The number of hydrogen-bond donors (Lipinski definition) is 1. The molecule has 0 heterocycles. The van der Waals surface area contributed by atoms with Crippen molar-refractivity contribution in [2.24, 2.45) is 5.73 Å². The number of esters is 1. The molecule has 1 aromatic carbocycles. The molecule has 0 atom stereocenters. The fourth-order valence-corrected chi connectivity index (χ4v) is 1.43. The summed E-state index contributed by atoms with van der Waals surface area (Å²) in [5.41, 5.74) is 5.97. The lowest BCUT2D eigenvalue weighted by molar-refractivity contribution is -0.143. The van der Waals surface area contributed by atoms with Crippen LogP contribution in [0.15, 0.2) is 22.7 Å². The highest BCUT2D eigenvalue weighted by atomic mass is 79.9. The standard InChI is InChI=1S/C10H12BrNO3/c1-14-9-4-7(2-3-8(9)11)6-15-10(13)5-12/h2-4H,5-6,12H2,1H3. The van der Waals surface area contributed by atoms with Gasteiger partial charge >= 0.3 is 5.97 Å². The van der Waals surface area contributed by atoms with Gasteiger partial charge in [-0.25, -0.2) is 0 Å². The van der Waals surface area contributed by atoms with E-state index in [1.165, 1.54) is 0 Å². The Labute approximate surface area is 96.5 Å². The second-order valence-corrected chi connectivity index (χ2v) is 3.69. The molecule has 0 unspecified atom stereocenters.